The fourth-order valence-corrected chi connectivity index (χ4v) is 2.91. The molecule has 84 valence electrons. The van der Waals surface area contributed by atoms with E-state index >= 15 is 0 Å². The predicted octanol–water partition coefficient (Wildman–Crippen LogP) is 3.95. The molecule has 3 aromatic rings. The number of halogens is 2. The molecule has 0 radical (unpaired) electrons. The zero-order valence-corrected chi connectivity index (χ0v) is 11.8. The second-order valence-electron chi connectivity index (χ2n) is 3.58. The van der Waals surface area contributed by atoms with Crippen molar-refractivity contribution in [3.8, 4) is 5.69 Å². The molecule has 0 saturated heterocycles. The van der Waals surface area contributed by atoms with Crippen molar-refractivity contribution < 1.29 is 0 Å². The van der Waals surface area contributed by atoms with Crippen molar-refractivity contribution in [1.82, 2.24) is 15.0 Å². The van der Waals surface area contributed by atoms with Crippen LogP contribution in [-0.2, 0) is 0 Å². The van der Waals surface area contributed by atoms with Crippen molar-refractivity contribution in [2.75, 3.05) is 0 Å². The molecule has 0 N–H and O–H groups in total. The van der Waals surface area contributed by atoms with Gasteiger partial charge < -0.3 is 0 Å². The smallest absolute Gasteiger partial charge is 0.127 e. The van der Waals surface area contributed by atoms with Gasteiger partial charge in [-0.05, 0) is 40.2 Å². The van der Waals surface area contributed by atoms with Crippen LogP contribution in [0.25, 0.3) is 16.7 Å². The highest BCUT2D eigenvalue weighted by atomic mass is 79.9. The van der Waals surface area contributed by atoms with Crippen LogP contribution in [0, 0.1) is 0 Å². The summed E-state index contributed by atoms with van der Waals surface area (Å²) in [6, 6.07) is 13.8. The average molecular weight is 353 g/mol. The lowest BCUT2D eigenvalue weighted by atomic mass is 10.3. The minimum Gasteiger partial charge on any atom is -0.150 e. The highest BCUT2D eigenvalue weighted by Gasteiger charge is 2.08. The van der Waals surface area contributed by atoms with E-state index in [1.807, 2.05) is 42.5 Å². The Morgan fingerprint density at radius 3 is 2.47 bits per heavy atom. The van der Waals surface area contributed by atoms with Crippen LogP contribution in [0.4, 0.5) is 0 Å². The summed E-state index contributed by atoms with van der Waals surface area (Å²) < 4.78 is 1.92. The summed E-state index contributed by atoms with van der Waals surface area (Å²) in [6.45, 7) is 0. The first-order valence-corrected chi connectivity index (χ1v) is 6.60. The van der Waals surface area contributed by atoms with Gasteiger partial charge in [-0.25, -0.2) is 0 Å². The average Bonchev–Trinajstić information content (AvgIpc) is 2.74. The zero-order valence-electron chi connectivity index (χ0n) is 8.64. The molecule has 0 spiro atoms. The molecule has 1 aromatic heterocycles. The van der Waals surface area contributed by atoms with Crippen LogP contribution >= 0.6 is 31.9 Å². The van der Waals surface area contributed by atoms with E-state index in [2.05, 4.69) is 42.1 Å². The second-order valence-corrected chi connectivity index (χ2v) is 5.35. The maximum atomic E-state index is 4.46. The van der Waals surface area contributed by atoms with E-state index < -0.39 is 0 Å². The number of fused-ring (bicyclic) bond motifs is 1. The zero-order chi connectivity index (χ0) is 11.8. The van der Waals surface area contributed by atoms with Gasteiger partial charge in [0.05, 0.1) is 5.69 Å². The molecule has 17 heavy (non-hydrogen) atoms. The van der Waals surface area contributed by atoms with E-state index in [0.29, 0.717) is 0 Å². The highest BCUT2D eigenvalue weighted by molar-refractivity contribution is 9.11. The first-order chi connectivity index (χ1) is 8.24. The molecule has 3 rings (SSSR count). The molecule has 0 aliphatic rings. The molecule has 0 atom stereocenters. The van der Waals surface area contributed by atoms with Crippen molar-refractivity contribution in [2.24, 2.45) is 0 Å². The van der Waals surface area contributed by atoms with Crippen LogP contribution in [0.1, 0.15) is 0 Å². The Morgan fingerprint density at radius 1 is 0.941 bits per heavy atom. The van der Waals surface area contributed by atoms with Crippen LogP contribution < -0.4 is 0 Å². The fraction of sp³-hybridized carbons (Fsp3) is 0. The summed E-state index contributed by atoms with van der Waals surface area (Å²) in [5.74, 6) is 0. The molecule has 0 aliphatic carbocycles. The molecular formula is C12H7Br2N3. The lowest BCUT2D eigenvalue weighted by Crippen LogP contribution is -1.97. The molecule has 0 fully saturated rings. The topological polar surface area (TPSA) is 30.7 Å². The molecule has 0 amide bonds. The van der Waals surface area contributed by atoms with E-state index in [4.69, 9.17) is 0 Å². The van der Waals surface area contributed by atoms with Gasteiger partial charge in [0.1, 0.15) is 11.0 Å². The van der Waals surface area contributed by atoms with Crippen LogP contribution in [0.5, 0.6) is 0 Å². The largest absolute Gasteiger partial charge is 0.150 e. The first-order valence-electron chi connectivity index (χ1n) is 5.01. The monoisotopic (exact) mass is 351 g/mol. The molecule has 3 nitrogen and oxygen atoms in total. The van der Waals surface area contributed by atoms with Gasteiger partial charge in [-0.15, -0.1) is 10.2 Å². The van der Waals surface area contributed by atoms with Crippen molar-refractivity contribution >= 4 is 42.9 Å². The van der Waals surface area contributed by atoms with E-state index in [-0.39, 0.29) is 0 Å². The first kappa shape index (κ1) is 10.9. The molecule has 0 bridgehead atoms. The van der Waals surface area contributed by atoms with Crippen molar-refractivity contribution in [2.45, 2.75) is 0 Å². The normalized spacial score (nSPS) is 10.9. The van der Waals surface area contributed by atoms with Gasteiger partial charge in [0.2, 0.25) is 0 Å². The maximum absolute atomic E-state index is 4.46. The molecule has 0 saturated carbocycles. The molecule has 0 unspecified atom stereocenters. The van der Waals surface area contributed by atoms with Crippen molar-refractivity contribution in [3.05, 3.63) is 51.4 Å². The van der Waals surface area contributed by atoms with Crippen LogP contribution in [-0.4, -0.2) is 15.0 Å². The maximum Gasteiger partial charge on any atom is 0.127 e. The number of hydrogen-bond acceptors (Lipinski definition) is 2. The predicted molar refractivity (Wildman–Crippen MR) is 74.3 cm³/mol. The van der Waals surface area contributed by atoms with Gasteiger partial charge in [0, 0.05) is 8.95 Å². The second kappa shape index (κ2) is 4.23. The quantitative estimate of drug-likeness (QED) is 0.664. The van der Waals surface area contributed by atoms with Gasteiger partial charge in [-0.3, -0.25) is 0 Å². The van der Waals surface area contributed by atoms with Crippen LogP contribution in [0.15, 0.2) is 51.4 Å². The number of hydrogen-bond donors (Lipinski definition) is 0. The minimum atomic E-state index is 0.857. The highest BCUT2D eigenvalue weighted by Crippen LogP contribution is 2.26. The Kier molecular flexibility index (Phi) is 2.72. The number of nitrogens with zero attached hydrogens (tertiary/aromatic N) is 3. The van der Waals surface area contributed by atoms with E-state index in [0.717, 1.165) is 25.7 Å². The lowest BCUT2D eigenvalue weighted by Gasteiger charge is -1.96. The number of rotatable bonds is 1. The van der Waals surface area contributed by atoms with Gasteiger partial charge in [0.15, 0.2) is 0 Å². The van der Waals surface area contributed by atoms with Gasteiger partial charge in [0.25, 0.3) is 0 Å². The number of benzene rings is 2. The summed E-state index contributed by atoms with van der Waals surface area (Å²) in [6.07, 6.45) is 0. The summed E-state index contributed by atoms with van der Waals surface area (Å²) in [5, 5.41) is 8.91. The van der Waals surface area contributed by atoms with Crippen molar-refractivity contribution in [1.29, 1.82) is 0 Å². The summed E-state index contributed by atoms with van der Waals surface area (Å²) in [4.78, 5) is 1.64. The standard InChI is InChI=1S/C12H7Br2N3/c13-8-6-10(14)12-11(7-8)15-17(16-12)9-4-2-1-3-5-9/h1-7H. The lowest BCUT2D eigenvalue weighted by molar-refractivity contribution is 0.765. The SMILES string of the molecule is Brc1cc(Br)c2nn(-c3ccccc3)nc2c1. The van der Waals surface area contributed by atoms with Crippen LogP contribution in [0.3, 0.4) is 0 Å². The third-order valence-electron chi connectivity index (χ3n) is 2.39. The summed E-state index contributed by atoms with van der Waals surface area (Å²) in [7, 11) is 0. The number of aromatic nitrogens is 3. The third kappa shape index (κ3) is 2.00. The van der Waals surface area contributed by atoms with Gasteiger partial charge in [-0.1, -0.05) is 34.1 Å². The molecule has 0 aliphatic heterocycles. The molecule has 1 heterocycles. The van der Waals surface area contributed by atoms with E-state index in [1.165, 1.54) is 0 Å². The Labute approximate surface area is 115 Å². The Morgan fingerprint density at radius 2 is 1.71 bits per heavy atom. The van der Waals surface area contributed by atoms with Crippen molar-refractivity contribution in [3.63, 3.8) is 0 Å². The van der Waals surface area contributed by atoms with Crippen LogP contribution in [0.2, 0.25) is 0 Å². The molecule has 2 aromatic carbocycles. The Bertz CT molecular complexity index is 677. The Balaban J connectivity index is 2.24. The fourth-order valence-electron chi connectivity index (χ4n) is 1.62. The third-order valence-corrected chi connectivity index (χ3v) is 3.45. The number of para-hydroxylation sites is 1. The summed E-state index contributed by atoms with van der Waals surface area (Å²) >= 11 is 6.93. The van der Waals surface area contributed by atoms with Gasteiger partial charge in [-0.2, -0.15) is 4.80 Å². The van der Waals surface area contributed by atoms with E-state index in [9.17, 15) is 0 Å². The summed E-state index contributed by atoms with van der Waals surface area (Å²) in [5.41, 5.74) is 2.67. The molecule has 5 heteroatoms. The van der Waals surface area contributed by atoms with Gasteiger partial charge >= 0.3 is 0 Å². The molecular weight excluding hydrogens is 346 g/mol. The Hall–Kier alpha value is -1.20. The minimum absolute atomic E-state index is 0.857. The van der Waals surface area contributed by atoms with E-state index in [1.54, 1.807) is 4.80 Å².